The van der Waals surface area contributed by atoms with E-state index in [0.29, 0.717) is 6.61 Å². The Bertz CT molecular complexity index is 306. The van der Waals surface area contributed by atoms with E-state index in [0.717, 1.165) is 6.42 Å². The van der Waals surface area contributed by atoms with E-state index in [9.17, 15) is 5.11 Å². The van der Waals surface area contributed by atoms with Gasteiger partial charge in [0, 0.05) is 6.61 Å². The number of aliphatic hydroxyl groups is 1. The second-order valence-electron chi connectivity index (χ2n) is 8.84. The minimum absolute atomic E-state index is 0.208. The van der Waals surface area contributed by atoms with Gasteiger partial charge in [-0.15, -0.1) is 0 Å². The van der Waals surface area contributed by atoms with Crippen molar-refractivity contribution in [3.63, 3.8) is 0 Å². The zero-order chi connectivity index (χ0) is 18.5. The Hall–Kier alpha value is 0.668. The van der Waals surface area contributed by atoms with Crippen molar-refractivity contribution >= 4 is 33.8 Å². The van der Waals surface area contributed by atoms with Crippen LogP contribution in [0.5, 0.6) is 0 Å². The van der Waals surface area contributed by atoms with E-state index < -0.39 is 39.5 Å². The minimum atomic E-state index is -3.24. The van der Waals surface area contributed by atoms with Crippen molar-refractivity contribution < 1.29 is 22.2 Å². The van der Waals surface area contributed by atoms with Crippen LogP contribution in [0.3, 0.4) is 0 Å². The molecule has 5 nitrogen and oxygen atoms in total. The summed E-state index contributed by atoms with van der Waals surface area (Å²) in [6, 6.07) is 0. The lowest BCUT2D eigenvalue weighted by Gasteiger charge is -2.44. The Morgan fingerprint density at radius 3 is 1.35 bits per heavy atom. The van der Waals surface area contributed by atoms with Crippen molar-refractivity contribution in [2.75, 3.05) is 13.2 Å². The maximum atomic E-state index is 10.9. The molecule has 9 heteroatoms. The third-order valence-electron chi connectivity index (χ3n) is 2.38. The zero-order valence-electron chi connectivity index (χ0n) is 16.8. The van der Waals surface area contributed by atoms with E-state index in [4.69, 9.17) is 17.1 Å². The highest BCUT2D eigenvalue weighted by Gasteiger charge is 2.55. The fourth-order valence-corrected chi connectivity index (χ4v) is 15.8. The first-order chi connectivity index (χ1) is 10.1. The monoisotopic (exact) mass is 398 g/mol. The summed E-state index contributed by atoms with van der Waals surface area (Å²) in [4.78, 5) is 0. The molecule has 0 spiro atoms. The third kappa shape index (κ3) is 11.0. The van der Waals surface area contributed by atoms with Crippen molar-refractivity contribution in [2.45, 2.75) is 78.0 Å². The lowest BCUT2D eigenvalue weighted by molar-refractivity contribution is 0.0371. The average molecular weight is 399 g/mol. The van der Waals surface area contributed by atoms with Crippen LogP contribution in [0.25, 0.3) is 0 Å². The van der Waals surface area contributed by atoms with Gasteiger partial charge in [-0.05, 0) is 65.3 Å². The first-order valence-corrected chi connectivity index (χ1v) is 20.5. The van der Waals surface area contributed by atoms with Crippen molar-refractivity contribution in [3.8, 4) is 0 Å². The summed E-state index contributed by atoms with van der Waals surface area (Å²) in [5, 5.41) is 10.9. The molecule has 0 saturated carbocycles. The molecule has 0 bridgehead atoms. The molecule has 0 aliphatic rings. The van der Waals surface area contributed by atoms with Gasteiger partial charge in [0.15, 0.2) is 25.0 Å². The highest BCUT2D eigenvalue weighted by atomic mass is 28.5. The molecule has 0 saturated heterocycles. The third-order valence-corrected chi connectivity index (χ3v) is 14.1. The van der Waals surface area contributed by atoms with Crippen LogP contribution < -0.4 is 0 Å². The first kappa shape index (κ1) is 23.7. The predicted octanol–water partition coefficient (Wildman–Crippen LogP) is 3.81. The van der Waals surface area contributed by atoms with Gasteiger partial charge in [-0.1, -0.05) is 6.92 Å². The maximum absolute atomic E-state index is 10.9. The molecular formula is C14H38O5Si4. The summed E-state index contributed by atoms with van der Waals surface area (Å²) in [5.41, 5.74) is -0.834. The van der Waals surface area contributed by atoms with E-state index in [-0.39, 0.29) is 6.61 Å². The van der Waals surface area contributed by atoms with Crippen LogP contribution in [-0.4, -0.2) is 57.8 Å². The summed E-state index contributed by atoms with van der Waals surface area (Å²) in [5.74, 6) is 0. The molecule has 0 fully saturated rings. The minimum Gasteiger partial charge on any atom is -0.415 e. The first-order valence-electron chi connectivity index (χ1n) is 8.46. The molecule has 0 aromatic rings. The van der Waals surface area contributed by atoms with E-state index in [2.05, 4.69) is 58.9 Å². The van der Waals surface area contributed by atoms with Gasteiger partial charge in [0.2, 0.25) is 0 Å². The Balaban J connectivity index is 5.61. The fourth-order valence-electron chi connectivity index (χ4n) is 1.99. The second kappa shape index (κ2) is 8.85. The Kier molecular flexibility index (Phi) is 9.11. The molecule has 0 radical (unpaired) electrons. The lowest BCUT2D eigenvalue weighted by Crippen LogP contribution is -2.68. The van der Waals surface area contributed by atoms with Crippen LogP contribution in [0, 0.1) is 0 Å². The highest BCUT2D eigenvalue weighted by molar-refractivity contribution is 6.90. The maximum Gasteiger partial charge on any atom is 0.502 e. The van der Waals surface area contributed by atoms with Crippen molar-refractivity contribution in [1.82, 2.24) is 0 Å². The van der Waals surface area contributed by atoms with Gasteiger partial charge in [-0.25, -0.2) is 0 Å². The summed E-state index contributed by atoms with van der Waals surface area (Å²) >= 11 is 0. The van der Waals surface area contributed by atoms with E-state index in [1.54, 1.807) is 0 Å². The Morgan fingerprint density at radius 2 is 1.09 bits per heavy atom. The topological polar surface area (TPSA) is 57.2 Å². The van der Waals surface area contributed by atoms with Gasteiger partial charge >= 0.3 is 8.80 Å². The highest BCUT2D eigenvalue weighted by Crippen LogP contribution is 2.28. The molecule has 0 heterocycles. The predicted molar refractivity (Wildman–Crippen MR) is 106 cm³/mol. The number of ether oxygens (including phenoxy) is 1. The summed E-state index contributed by atoms with van der Waals surface area (Å²) in [6.07, 6.45) is 0.917. The molecule has 0 aliphatic heterocycles. The van der Waals surface area contributed by atoms with Crippen molar-refractivity contribution in [1.29, 1.82) is 0 Å². The smallest absolute Gasteiger partial charge is 0.415 e. The molecule has 140 valence electrons. The van der Waals surface area contributed by atoms with Gasteiger partial charge < -0.3 is 22.2 Å². The average Bonchev–Trinajstić information content (AvgIpc) is 2.21. The van der Waals surface area contributed by atoms with Crippen LogP contribution >= 0.6 is 0 Å². The zero-order valence-corrected chi connectivity index (χ0v) is 20.8. The van der Waals surface area contributed by atoms with Crippen LogP contribution in [-0.2, 0) is 17.1 Å². The molecule has 0 aromatic heterocycles. The van der Waals surface area contributed by atoms with Crippen molar-refractivity contribution in [3.05, 3.63) is 0 Å². The number of aliphatic hydroxyl groups excluding tert-OH is 1. The van der Waals surface area contributed by atoms with E-state index in [1.807, 2.05) is 6.92 Å². The molecule has 23 heavy (non-hydrogen) atoms. The van der Waals surface area contributed by atoms with Gasteiger partial charge in [0.1, 0.15) is 5.73 Å². The molecule has 0 amide bonds. The van der Waals surface area contributed by atoms with Crippen LogP contribution in [0.1, 0.15) is 13.3 Å². The Labute approximate surface area is 147 Å². The van der Waals surface area contributed by atoms with Gasteiger partial charge in [0.25, 0.3) is 0 Å². The van der Waals surface area contributed by atoms with Crippen molar-refractivity contribution in [2.24, 2.45) is 0 Å². The second-order valence-corrected chi connectivity index (χ2v) is 25.8. The van der Waals surface area contributed by atoms with Gasteiger partial charge in [-0.2, -0.15) is 0 Å². The number of rotatable bonds is 11. The molecule has 0 rings (SSSR count). The molecule has 0 aromatic carbocycles. The lowest BCUT2D eigenvalue weighted by atomic mass is 10.5. The molecular weight excluding hydrogens is 360 g/mol. The van der Waals surface area contributed by atoms with E-state index in [1.165, 1.54) is 0 Å². The van der Waals surface area contributed by atoms with Gasteiger partial charge in [0.05, 0.1) is 6.61 Å². The molecule has 1 N–H and O–H groups in total. The number of hydrogen-bond acceptors (Lipinski definition) is 5. The van der Waals surface area contributed by atoms with E-state index >= 15 is 0 Å². The number of hydrogen-bond donors (Lipinski definition) is 1. The van der Waals surface area contributed by atoms with Gasteiger partial charge in [-0.3, -0.25) is 0 Å². The van der Waals surface area contributed by atoms with Crippen LogP contribution in [0.15, 0.2) is 0 Å². The summed E-state index contributed by atoms with van der Waals surface area (Å²) < 4.78 is 24.9. The summed E-state index contributed by atoms with van der Waals surface area (Å²) in [6.45, 7) is 21.8. The standard InChI is InChI=1S/C14H38O5Si4/c1-11-12-16-13-14(15)23(17-20(2,3)4,18-21(5,6)7)19-22(8,9)10/h14-15H,11-13H2,1-10H3. The normalized spacial score (nSPS) is 15.8. The summed E-state index contributed by atoms with van der Waals surface area (Å²) in [7, 11) is -9.12. The quantitative estimate of drug-likeness (QED) is 0.423. The molecule has 0 aliphatic carbocycles. The Morgan fingerprint density at radius 1 is 0.739 bits per heavy atom. The van der Waals surface area contributed by atoms with Crippen LogP contribution in [0.4, 0.5) is 0 Å². The largest absolute Gasteiger partial charge is 0.502 e. The SMILES string of the molecule is CCCOCC(O)[Si](O[Si](C)(C)C)(O[Si](C)(C)C)O[Si](C)(C)C. The molecule has 1 unspecified atom stereocenters. The van der Waals surface area contributed by atoms with Crippen LogP contribution in [0.2, 0.25) is 58.9 Å². The fraction of sp³-hybridized carbons (Fsp3) is 1.00. The molecule has 1 atom stereocenters.